The summed E-state index contributed by atoms with van der Waals surface area (Å²) in [7, 11) is 0. The lowest BCUT2D eigenvalue weighted by molar-refractivity contribution is -0.143. The molecule has 1 aromatic rings. The third-order valence-electron chi connectivity index (χ3n) is 5.67. The van der Waals surface area contributed by atoms with Gasteiger partial charge in [0.2, 0.25) is 5.91 Å². The van der Waals surface area contributed by atoms with Crippen LogP contribution in [0.5, 0.6) is 0 Å². The summed E-state index contributed by atoms with van der Waals surface area (Å²) < 4.78 is 12.1. The molecule has 1 amide bonds. The summed E-state index contributed by atoms with van der Waals surface area (Å²) in [6.07, 6.45) is 7.72. The van der Waals surface area contributed by atoms with Crippen molar-refractivity contribution < 1.29 is 14.3 Å². The molecule has 3 heterocycles. The van der Waals surface area contributed by atoms with Crippen LogP contribution in [0.25, 0.3) is 0 Å². The lowest BCUT2D eigenvalue weighted by atomic mass is 9.75. The predicted molar refractivity (Wildman–Crippen MR) is 89.2 cm³/mol. The van der Waals surface area contributed by atoms with Gasteiger partial charge in [-0.2, -0.15) is 0 Å². The molecule has 3 atom stereocenters. The average molecular weight is 330 g/mol. The maximum absolute atomic E-state index is 12.9. The Morgan fingerprint density at radius 3 is 3.08 bits per heavy atom. The van der Waals surface area contributed by atoms with Crippen LogP contribution < -0.4 is 0 Å². The van der Waals surface area contributed by atoms with E-state index < -0.39 is 0 Å². The number of carbonyl (C=O) groups is 1. The van der Waals surface area contributed by atoms with Gasteiger partial charge >= 0.3 is 0 Å². The van der Waals surface area contributed by atoms with Crippen LogP contribution in [-0.2, 0) is 20.9 Å². The molecule has 3 fully saturated rings. The van der Waals surface area contributed by atoms with Crippen LogP contribution in [0.1, 0.15) is 38.2 Å². The summed E-state index contributed by atoms with van der Waals surface area (Å²) in [6, 6.07) is 4.13. The summed E-state index contributed by atoms with van der Waals surface area (Å²) in [5, 5.41) is 0. The molecular formula is C19H26N2O3. The molecule has 1 aromatic heterocycles. The fraction of sp³-hybridized carbons (Fsp3) is 0.684. The highest BCUT2D eigenvalue weighted by Gasteiger charge is 2.48. The SMILES string of the molecule is CC1CC(C(=O)N2C[C@H](OCc3cccnc3)[C@H]3OCCC[C@H]32)C1. The topological polar surface area (TPSA) is 51.7 Å². The lowest BCUT2D eigenvalue weighted by Gasteiger charge is -2.38. The van der Waals surface area contributed by atoms with E-state index in [1.165, 1.54) is 0 Å². The van der Waals surface area contributed by atoms with Crippen molar-refractivity contribution in [3.63, 3.8) is 0 Å². The smallest absolute Gasteiger partial charge is 0.226 e. The molecule has 0 aromatic carbocycles. The first kappa shape index (κ1) is 16.0. The molecule has 0 unspecified atom stereocenters. The highest BCUT2D eigenvalue weighted by Crippen LogP contribution is 2.38. The molecule has 3 aliphatic rings. The molecule has 0 spiro atoms. The van der Waals surface area contributed by atoms with E-state index in [9.17, 15) is 4.79 Å². The van der Waals surface area contributed by atoms with E-state index in [2.05, 4.69) is 16.8 Å². The van der Waals surface area contributed by atoms with E-state index in [0.717, 1.165) is 37.9 Å². The van der Waals surface area contributed by atoms with Crippen LogP contribution >= 0.6 is 0 Å². The Morgan fingerprint density at radius 1 is 1.46 bits per heavy atom. The Kier molecular flexibility index (Phi) is 4.55. The van der Waals surface area contributed by atoms with E-state index in [4.69, 9.17) is 9.47 Å². The first-order valence-electron chi connectivity index (χ1n) is 9.15. The Labute approximate surface area is 143 Å². The quantitative estimate of drug-likeness (QED) is 0.851. The van der Waals surface area contributed by atoms with E-state index in [1.54, 1.807) is 6.20 Å². The monoisotopic (exact) mass is 330 g/mol. The van der Waals surface area contributed by atoms with Crippen molar-refractivity contribution in [1.29, 1.82) is 0 Å². The Balaban J connectivity index is 1.42. The van der Waals surface area contributed by atoms with Crippen LogP contribution in [0.15, 0.2) is 24.5 Å². The number of fused-ring (bicyclic) bond motifs is 1. The van der Waals surface area contributed by atoms with Gasteiger partial charge in [0.25, 0.3) is 0 Å². The Morgan fingerprint density at radius 2 is 2.33 bits per heavy atom. The second kappa shape index (κ2) is 6.81. The molecule has 130 valence electrons. The van der Waals surface area contributed by atoms with Gasteiger partial charge in [0.1, 0.15) is 12.2 Å². The van der Waals surface area contributed by atoms with Crippen molar-refractivity contribution in [3.05, 3.63) is 30.1 Å². The molecule has 0 bridgehead atoms. The van der Waals surface area contributed by atoms with Gasteiger partial charge in [-0.15, -0.1) is 0 Å². The van der Waals surface area contributed by atoms with Gasteiger partial charge in [0.15, 0.2) is 0 Å². The molecule has 1 saturated carbocycles. The van der Waals surface area contributed by atoms with Gasteiger partial charge < -0.3 is 14.4 Å². The predicted octanol–water partition coefficient (Wildman–Crippen LogP) is 2.40. The van der Waals surface area contributed by atoms with Crippen molar-refractivity contribution in [2.75, 3.05) is 13.2 Å². The Bertz CT molecular complexity index is 573. The van der Waals surface area contributed by atoms with Gasteiger partial charge in [-0.05, 0) is 43.2 Å². The molecule has 0 radical (unpaired) electrons. The number of nitrogens with zero attached hydrogens (tertiary/aromatic N) is 2. The first-order chi connectivity index (χ1) is 11.7. The van der Waals surface area contributed by atoms with Gasteiger partial charge in [-0.25, -0.2) is 0 Å². The minimum Gasteiger partial charge on any atom is -0.373 e. The van der Waals surface area contributed by atoms with Crippen molar-refractivity contribution in [1.82, 2.24) is 9.88 Å². The number of ether oxygens (including phenoxy) is 2. The summed E-state index contributed by atoms with van der Waals surface area (Å²) in [5.41, 5.74) is 1.06. The number of pyridine rings is 1. The largest absolute Gasteiger partial charge is 0.373 e. The summed E-state index contributed by atoms with van der Waals surface area (Å²) in [6.45, 7) is 4.18. The maximum atomic E-state index is 12.9. The number of likely N-dealkylation sites (tertiary alicyclic amines) is 1. The van der Waals surface area contributed by atoms with Crippen molar-refractivity contribution in [2.45, 2.75) is 57.5 Å². The maximum Gasteiger partial charge on any atom is 0.226 e. The van der Waals surface area contributed by atoms with Crippen LogP contribution in [0.4, 0.5) is 0 Å². The van der Waals surface area contributed by atoms with Crippen molar-refractivity contribution in [3.8, 4) is 0 Å². The second-order valence-corrected chi connectivity index (χ2v) is 7.52. The minimum absolute atomic E-state index is 0.0249. The number of aromatic nitrogens is 1. The number of carbonyl (C=O) groups excluding carboxylic acids is 1. The zero-order valence-corrected chi connectivity index (χ0v) is 14.3. The molecule has 2 saturated heterocycles. The van der Waals surface area contributed by atoms with Crippen LogP contribution in [0, 0.1) is 11.8 Å². The van der Waals surface area contributed by atoms with Gasteiger partial charge in [0, 0.05) is 31.5 Å². The van der Waals surface area contributed by atoms with Crippen LogP contribution in [0.2, 0.25) is 0 Å². The average Bonchev–Trinajstić information content (AvgIpc) is 2.96. The van der Waals surface area contributed by atoms with E-state index >= 15 is 0 Å². The van der Waals surface area contributed by atoms with Gasteiger partial charge in [-0.3, -0.25) is 9.78 Å². The summed E-state index contributed by atoms with van der Waals surface area (Å²) >= 11 is 0. The van der Waals surface area contributed by atoms with E-state index in [1.807, 2.05) is 18.3 Å². The Hall–Kier alpha value is -1.46. The third kappa shape index (κ3) is 3.07. The number of hydrogen-bond donors (Lipinski definition) is 0. The molecule has 0 N–H and O–H groups in total. The highest BCUT2D eigenvalue weighted by atomic mass is 16.5. The number of hydrogen-bond acceptors (Lipinski definition) is 4. The fourth-order valence-electron chi connectivity index (χ4n) is 4.33. The molecule has 2 aliphatic heterocycles. The zero-order chi connectivity index (χ0) is 16.5. The molecule has 1 aliphatic carbocycles. The highest BCUT2D eigenvalue weighted by molar-refractivity contribution is 5.80. The van der Waals surface area contributed by atoms with Gasteiger partial charge in [-0.1, -0.05) is 13.0 Å². The second-order valence-electron chi connectivity index (χ2n) is 7.52. The van der Waals surface area contributed by atoms with Gasteiger partial charge in [0.05, 0.1) is 12.6 Å². The van der Waals surface area contributed by atoms with Crippen LogP contribution in [0.3, 0.4) is 0 Å². The standard InChI is InChI=1S/C19H26N2O3/c1-13-8-15(9-13)19(22)21-11-17(18-16(21)5-3-7-23-18)24-12-14-4-2-6-20-10-14/h2,4,6,10,13,15-18H,3,5,7-9,11-12H2,1H3/t13?,15?,16-,17+,18+/m1/s1. The fourth-order valence-corrected chi connectivity index (χ4v) is 4.33. The third-order valence-corrected chi connectivity index (χ3v) is 5.67. The van der Waals surface area contributed by atoms with Crippen molar-refractivity contribution >= 4 is 5.91 Å². The van der Waals surface area contributed by atoms with Crippen LogP contribution in [-0.4, -0.2) is 47.2 Å². The lowest BCUT2D eigenvalue weighted by Crippen LogP contribution is -2.47. The molecule has 24 heavy (non-hydrogen) atoms. The molecule has 4 rings (SSSR count). The summed E-state index contributed by atoms with van der Waals surface area (Å²) in [4.78, 5) is 19.0. The number of rotatable bonds is 4. The molecular weight excluding hydrogens is 304 g/mol. The van der Waals surface area contributed by atoms with Crippen molar-refractivity contribution in [2.24, 2.45) is 11.8 Å². The summed E-state index contributed by atoms with van der Waals surface area (Å²) in [5.74, 6) is 1.23. The zero-order valence-electron chi connectivity index (χ0n) is 14.3. The molecule has 5 heteroatoms. The van der Waals surface area contributed by atoms with E-state index in [0.29, 0.717) is 25.0 Å². The minimum atomic E-state index is -0.0306. The molecule has 5 nitrogen and oxygen atoms in total. The normalized spacial score (nSPS) is 35.4. The first-order valence-corrected chi connectivity index (χ1v) is 9.15. The van der Waals surface area contributed by atoms with E-state index in [-0.39, 0.29) is 24.2 Å². The number of amides is 1.